The summed E-state index contributed by atoms with van der Waals surface area (Å²) >= 11 is 1.66. The first kappa shape index (κ1) is 17.3. The summed E-state index contributed by atoms with van der Waals surface area (Å²) in [5.74, 6) is 0.135. The number of benzene rings is 2. The van der Waals surface area contributed by atoms with E-state index < -0.39 is 0 Å². The van der Waals surface area contributed by atoms with Gasteiger partial charge in [-0.05, 0) is 11.6 Å². The first-order valence-electron chi connectivity index (χ1n) is 9.52. The highest BCUT2D eigenvalue weighted by molar-refractivity contribution is 7.17. The van der Waals surface area contributed by atoms with E-state index in [1.807, 2.05) is 48.5 Å². The molecule has 5 rings (SSSR count). The minimum Gasteiger partial charge on any atom is -0.378 e. The average molecular weight is 388 g/mol. The fourth-order valence-corrected chi connectivity index (χ4v) is 4.85. The van der Waals surface area contributed by atoms with E-state index in [1.165, 1.54) is 0 Å². The molecule has 2 heterocycles. The molecule has 2 aromatic carbocycles. The van der Waals surface area contributed by atoms with E-state index in [-0.39, 0.29) is 5.78 Å². The third kappa shape index (κ3) is 3.17. The van der Waals surface area contributed by atoms with Crippen LogP contribution in [-0.4, -0.2) is 37.1 Å². The first-order chi connectivity index (χ1) is 13.8. The van der Waals surface area contributed by atoms with Crippen LogP contribution in [0.1, 0.15) is 20.8 Å². The first-order valence-corrected chi connectivity index (χ1v) is 10.3. The van der Waals surface area contributed by atoms with Crippen molar-refractivity contribution in [2.24, 2.45) is 0 Å². The number of thiazole rings is 1. The van der Waals surface area contributed by atoms with Gasteiger partial charge in [0, 0.05) is 36.2 Å². The van der Waals surface area contributed by atoms with Crippen LogP contribution < -0.4 is 4.90 Å². The summed E-state index contributed by atoms with van der Waals surface area (Å²) in [5, 5.41) is 0.997. The van der Waals surface area contributed by atoms with Gasteiger partial charge in [0.2, 0.25) is 0 Å². The zero-order valence-corrected chi connectivity index (χ0v) is 16.2. The van der Waals surface area contributed by atoms with Crippen LogP contribution in [0.3, 0.4) is 0 Å². The van der Waals surface area contributed by atoms with E-state index in [0.717, 1.165) is 64.3 Å². The quantitative estimate of drug-likeness (QED) is 0.621. The fourth-order valence-electron chi connectivity index (χ4n) is 3.74. The molecule has 0 saturated carbocycles. The summed E-state index contributed by atoms with van der Waals surface area (Å²) in [7, 11) is 0. The predicted octanol–water partition coefficient (Wildman–Crippen LogP) is 4.47. The Labute approximate surface area is 168 Å². The molecular formula is C23H20N2O2S. The number of nitrogens with zero attached hydrogens (tertiary/aromatic N) is 2. The molecule has 0 unspecified atom stereocenters. The molecule has 1 saturated heterocycles. The van der Waals surface area contributed by atoms with E-state index in [2.05, 4.69) is 17.0 Å². The van der Waals surface area contributed by atoms with E-state index in [9.17, 15) is 4.79 Å². The highest BCUT2D eigenvalue weighted by Gasteiger charge is 2.26. The number of allylic oxidation sites excluding steroid dienone is 1. The number of anilines is 1. The van der Waals surface area contributed by atoms with Gasteiger partial charge in [0.05, 0.1) is 23.8 Å². The van der Waals surface area contributed by atoms with E-state index >= 15 is 0 Å². The second-order valence-corrected chi connectivity index (χ2v) is 8.02. The van der Waals surface area contributed by atoms with Crippen molar-refractivity contribution in [3.05, 3.63) is 76.2 Å². The maximum absolute atomic E-state index is 12.8. The standard InChI is InChI=1S/C23H20N2O2S/c26-22-18(14-17-8-4-5-9-19(17)22)15-20-21(16-6-2-1-3-7-16)24-23(28-20)25-10-12-27-13-11-25/h1-9,15H,10-14H2. The van der Waals surface area contributed by atoms with Gasteiger partial charge in [0.15, 0.2) is 10.9 Å². The smallest absolute Gasteiger partial charge is 0.189 e. The molecule has 0 amide bonds. The summed E-state index contributed by atoms with van der Waals surface area (Å²) in [6.45, 7) is 3.15. The van der Waals surface area contributed by atoms with Crippen LogP contribution in [0.15, 0.2) is 60.2 Å². The van der Waals surface area contributed by atoms with Gasteiger partial charge in [-0.3, -0.25) is 4.79 Å². The SMILES string of the molecule is O=C1C(=Cc2sc(N3CCOCC3)nc2-c2ccccc2)Cc2ccccc21. The van der Waals surface area contributed by atoms with Gasteiger partial charge in [0.1, 0.15) is 0 Å². The highest BCUT2D eigenvalue weighted by Crippen LogP contribution is 2.37. The summed E-state index contributed by atoms with van der Waals surface area (Å²) in [6.07, 6.45) is 2.74. The van der Waals surface area contributed by atoms with Gasteiger partial charge in [-0.25, -0.2) is 4.98 Å². The van der Waals surface area contributed by atoms with Crippen molar-refractivity contribution in [3.63, 3.8) is 0 Å². The van der Waals surface area contributed by atoms with Gasteiger partial charge in [-0.2, -0.15) is 0 Å². The van der Waals surface area contributed by atoms with E-state index in [4.69, 9.17) is 9.72 Å². The Hall–Kier alpha value is -2.76. The van der Waals surface area contributed by atoms with Crippen LogP contribution in [0, 0.1) is 0 Å². The number of fused-ring (bicyclic) bond motifs is 1. The van der Waals surface area contributed by atoms with Crippen molar-refractivity contribution in [1.82, 2.24) is 4.98 Å². The number of ketones is 1. The number of morpholine rings is 1. The second-order valence-electron chi connectivity index (χ2n) is 7.01. The zero-order chi connectivity index (χ0) is 18.9. The highest BCUT2D eigenvalue weighted by atomic mass is 32.1. The Balaban J connectivity index is 1.56. The molecule has 1 aromatic heterocycles. The molecule has 1 aliphatic carbocycles. The lowest BCUT2D eigenvalue weighted by Gasteiger charge is -2.26. The number of rotatable bonds is 3. The fraction of sp³-hybridized carbons (Fsp3) is 0.217. The van der Waals surface area contributed by atoms with Gasteiger partial charge in [-0.15, -0.1) is 0 Å². The Bertz CT molecular complexity index is 1050. The number of carbonyl (C=O) groups excluding carboxylic acids is 1. The van der Waals surface area contributed by atoms with Crippen molar-refractivity contribution >= 4 is 28.3 Å². The number of carbonyl (C=O) groups is 1. The van der Waals surface area contributed by atoms with Crippen molar-refractivity contribution in [2.45, 2.75) is 6.42 Å². The largest absolute Gasteiger partial charge is 0.378 e. The zero-order valence-electron chi connectivity index (χ0n) is 15.4. The second kappa shape index (κ2) is 7.34. The van der Waals surface area contributed by atoms with Crippen LogP contribution >= 0.6 is 11.3 Å². The molecule has 0 radical (unpaired) electrons. The molecule has 0 spiro atoms. The lowest BCUT2D eigenvalue weighted by molar-refractivity contribution is 0.104. The predicted molar refractivity (Wildman–Crippen MR) is 113 cm³/mol. The summed E-state index contributed by atoms with van der Waals surface area (Å²) in [6, 6.07) is 18.1. The molecule has 140 valence electrons. The molecule has 3 aromatic rings. The van der Waals surface area contributed by atoms with Gasteiger partial charge in [-0.1, -0.05) is 65.9 Å². The Morgan fingerprint density at radius 3 is 2.54 bits per heavy atom. The maximum Gasteiger partial charge on any atom is 0.189 e. The van der Waals surface area contributed by atoms with Crippen molar-refractivity contribution in [1.29, 1.82) is 0 Å². The van der Waals surface area contributed by atoms with Crippen LogP contribution in [-0.2, 0) is 11.2 Å². The third-order valence-corrected chi connectivity index (χ3v) is 6.27. The van der Waals surface area contributed by atoms with Crippen molar-refractivity contribution < 1.29 is 9.53 Å². The molecule has 2 aliphatic rings. The molecular weight excluding hydrogens is 368 g/mol. The molecule has 0 N–H and O–H groups in total. The number of hydrogen-bond acceptors (Lipinski definition) is 5. The molecule has 0 atom stereocenters. The third-order valence-electron chi connectivity index (χ3n) is 5.21. The maximum atomic E-state index is 12.8. The molecule has 5 heteroatoms. The molecule has 4 nitrogen and oxygen atoms in total. The number of ether oxygens (including phenoxy) is 1. The lowest BCUT2D eigenvalue weighted by Crippen LogP contribution is -2.36. The minimum atomic E-state index is 0.135. The topological polar surface area (TPSA) is 42.4 Å². The van der Waals surface area contributed by atoms with Crippen LogP contribution in [0.5, 0.6) is 0 Å². The van der Waals surface area contributed by atoms with Crippen molar-refractivity contribution in [2.75, 3.05) is 31.2 Å². The number of aromatic nitrogens is 1. The van der Waals surface area contributed by atoms with E-state index in [1.54, 1.807) is 11.3 Å². The van der Waals surface area contributed by atoms with Gasteiger partial charge < -0.3 is 9.64 Å². The summed E-state index contributed by atoms with van der Waals surface area (Å²) < 4.78 is 5.48. The van der Waals surface area contributed by atoms with Crippen LogP contribution in [0.25, 0.3) is 17.3 Å². The minimum absolute atomic E-state index is 0.135. The number of Topliss-reactive ketones (excluding diaryl/α,β-unsaturated/α-hetero) is 1. The Morgan fingerprint density at radius 1 is 1.00 bits per heavy atom. The summed E-state index contributed by atoms with van der Waals surface area (Å²) in [5.41, 5.74) is 4.80. The molecule has 0 bridgehead atoms. The Kier molecular flexibility index (Phi) is 4.55. The molecule has 28 heavy (non-hydrogen) atoms. The Morgan fingerprint density at radius 2 is 1.75 bits per heavy atom. The van der Waals surface area contributed by atoms with Crippen LogP contribution in [0.4, 0.5) is 5.13 Å². The van der Waals surface area contributed by atoms with E-state index in [0.29, 0.717) is 6.42 Å². The lowest BCUT2D eigenvalue weighted by atomic mass is 10.1. The van der Waals surface area contributed by atoms with Crippen LogP contribution in [0.2, 0.25) is 0 Å². The average Bonchev–Trinajstić information content (AvgIpc) is 3.31. The van der Waals surface area contributed by atoms with Gasteiger partial charge >= 0.3 is 0 Å². The normalized spacial score (nSPS) is 17.9. The monoisotopic (exact) mass is 388 g/mol. The number of hydrogen-bond donors (Lipinski definition) is 0. The van der Waals surface area contributed by atoms with Gasteiger partial charge in [0.25, 0.3) is 0 Å². The summed E-state index contributed by atoms with van der Waals surface area (Å²) in [4.78, 5) is 21.1. The molecule has 1 fully saturated rings. The van der Waals surface area contributed by atoms with Crippen molar-refractivity contribution in [3.8, 4) is 11.3 Å². The molecule has 1 aliphatic heterocycles.